The van der Waals surface area contributed by atoms with Crippen LogP contribution in [0.25, 0.3) is 0 Å². The van der Waals surface area contributed by atoms with Gasteiger partial charge in [0.1, 0.15) is 0 Å². The van der Waals surface area contributed by atoms with Crippen LogP contribution in [0.2, 0.25) is 0 Å². The van der Waals surface area contributed by atoms with Crippen molar-refractivity contribution in [1.82, 2.24) is 5.01 Å². The Morgan fingerprint density at radius 2 is 1.85 bits per heavy atom. The molecule has 0 aliphatic carbocycles. The van der Waals surface area contributed by atoms with Crippen LogP contribution in [0.3, 0.4) is 0 Å². The topological polar surface area (TPSA) is 49.5 Å². The summed E-state index contributed by atoms with van der Waals surface area (Å²) in [5, 5.41) is 11.3. The van der Waals surface area contributed by atoms with Gasteiger partial charge < -0.3 is 5.11 Å². The molecule has 72 valence electrons. The molecule has 1 aromatic carbocycles. The van der Waals surface area contributed by atoms with E-state index in [2.05, 4.69) is 0 Å². The van der Waals surface area contributed by atoms with Gasteiger partial charge in [0.15, 0.2) is 0 Å². The predicted octanol–water partition coefficient (Wildman–Crippen LogP) is 0.914. The second-order valence-corrected chi connectivity index (χ2v) is 3.26. The lowest BCUT2D eigenvalue weighted by Crippen LogP contribution is -2.39. The fourth-order valence-electron chi connectivity index (χ4n) is 1.15. The molecule has 1 aromatic rings. The van der Waals surface area contributed by atoms with Crippen LogP contribution in [0.5, 0.6) is 0 Å². The summed E-state index contributed by atoms with van der Waals surface area (Å²) in [6, 6.07) is 9.44. The first kappa shape index (κ1) is 10.2. The molecule has 2 atom stereocenters. The molecule has 1 rings (SSSR count). The fourth-order valence-corrected chi connectivity index (χ4v) is 1.15. The summed E-state index contributed by atoms with van der Waals surface area (Å²) >= 11 is 0. The van der Waals surface area contributed by atoms with Gasteiger partial charge in [-0.15, -0.1) is 0 Å². The molecule has 3 N–H and O–H groups in total. The fraction of sp³-hybridized carbons (Fsp3) is 0.400. The van der Waals surface area contributed by atoms with E-state index < -0.39 is 6.10 Å². The number of hydrogen-bond donors (Lipinski definition) is 2. The van der Waals surface area contributed by atoms with Crippen LogP contribution in [-0.4, -0.2) is 23.2 Å². The molecular formula is C10H16N2O. The van der Waals surface area contributed by atoms with Crippen LogP contribution in [0, 0.1) is 0 Å². The van der Waals surface area contributed by atoms with E-state index in [1.165, 1.54) is 5.01 Å². The standard InChI is InChI=1S/C10H16N2O/c1-8(12(2)11)10(13)9-6-4-3-5-7-9/h3-8,10,13H,11H2,1-2H3/t8-,10?/m0/s1. The van der Waals surface area contributed by atoms with Gasteiger partial charge in [-0.25, -0.2) is 5.01 Å². The molecule has 3 nitrogen and oxygen atoms in total. The normalized spacial score (nSPS) is 15.8. The van der Waals surface area contributed by atoms with Crippen LogP contribution in [0.15, 0.2) is 30.3 Å². The van der Waals surface area contributed by atoms with Crippen molar-refractivity contribution < 1.29 is 5.11 Å². The van der Waals surface area contributed by atoms with Gasteiger partial charge in [0.05, 0.1) is 12.1 Å². The summed E-state index contributed by atoms with van der Waals surface area (Å²) in [4.78, 5) is 0. The number of aliphatic hydroxyl groups is 1. The summed E-state index contributed by atoms with van der Waals surface area (Å²) in [5.74, 6) is 5.55. The van der Waals surface area contributed by atoms with Crippen molar-refractivity contribution in [2.24, 2.45) is 5.84 Å². The highest BCUT2D eigenvalue weighted by atomic mass is 16.3. The van der Waals surface area contributed by atoms with Crippen LogP contribution in [0.4, 0.5) is 0 Å². The summed E-state index contributed by atoms with van der Waals surface area (Å²) in [5.41, 5.74) is 0.896. The Kier molecular flexibility index (Phi) is 3.42. The van der Waals surface area contributed by atoms with E-state index in [-0.39, 0.29) is 6.04 Å². The first-order valence-corrected chi connectivity index (χ1v) is 4.33. The Morgan fingerprint density at radius 1 is 1.31 bits per heavy atom. The molecule has 13 heavy (non-hydrogen) atoms. The number of likely N-dealkylation sites (N-methyl/N-ethyl adjacent to an activating group) is 1. The first-order chi connectivity index (χ1) is 6.13. The summed E-state index contributed by atoms with van der Waals surface area (Å²) in [7, 11) is 1.75. The Hall–Kier alpha value is -0.900. The molecule has 0 spiro atoms. The first-order valence-electron chi connectivity index (χ1n) is 4.33. The van der Waals surface area contributed by atoms with Gasteiger partial charge in [0, 0.05) is 7.05 Å². The van der Waals surface area contributed by atoms with Crippen molar-refractivity contribution in [3.8, 4) is 0 Å². The molecule has 3 heteroatoms. The molecular weight excluding hydrogens is 164 g/mol. The van der Waals surface area contributed by atoms with Crippen molar-refractivity contribution in [1.29, 1.82) is 0 Å². The summed E-state index contributed by atoms with van der Waals surface area (Å²) < 4.78 is 0. The number of aliphatic hydroxyl groups excluding tert-OH is 1. The lowest BCUT2D eigenvalue weighted by molar-refractivity contribution is 0.0729. The Morgan fingerprint density at radius 3 is 2.31 bits per heavy atom. The van der Waals surface area contributed by atoms with Crippen molar-refractivity contribution in [2.45, 2.75) is 19.1 Å². The summed E-state index contributed by atoms with van der Waals surface area (Å²) in [6.07, 6.45) is -0.531. The number of hydrogen-bond acceptors (Lipinski definition) is 3. The van der Waals surface area contributed by atoms with Crippen molar-refractivity contribution in [2.75, 3.05) is 7.05 Å². The zero-order valence-electron chi connectivity index (χ0n) is 8.01. The number of rotatable bonds is 3. The zero-order valence-corrected chi connectivity index (χ0v) is 8.01. The van der Waals surface area contributed by atoms with Gasteiger partial charge in [-0.3, -0.25) is 5.84 Å². The second kappa shape index (κ2) is 4.37. The van der Waals surface area contributed by atoms with Gasteiger partial charge >= 0.3 is 0 Å². The molecule has 0 aliphatic heterocycles. The Balaban J connectivity index is 2.73. The summed E-state index contributed by atoms with van der Waals surface area (Å²) in [6.45, 7) is 1.89. The molecule has 0 radical (unpaired) electrons. The molecule has 0 saturated carbocycles. The number of nitrogens with two attached hydrogens (primary N) is 1. The van der Waals surface area contributed by atoms with Crippen molar-refractivity contribution in [3.63, 3.8) is 0 Å². The number of hydrazine groups is 1. The highest BCUT2D eigenvalue weighted by Gasteiger charge is 2.17. The minimum Gasteiger partial charge on any atom is -0.387 e. The Labute approximate surface area is 78.8 Å². The van der Waals surface area contributed by atoms with E-state index in [1.807, 2.05) is 37.3 Å². The smallest absolute Gasteiger partial charge is 0.0956 e. The third-order valence-electron chi connectivity index (χ3n) is 2.24. The third kappa shape index (κ3) is 2.52. The monoisotopic (exact) mass is 180 g/mol. The molecule has 0 aliphatic rings. The average Bonchev–Trinajstić information content (AvgIpc) is 2.17. The molecule has 0 amide bonds. The third-order valence-corrected chi connectivity index (χ3v) is 2.24. The van der Waals surface area contributed by atoms with E-state index in [9.17, 15) is 5.11 Å². The predicted molar refractivity (Wildman–Crippen MR) is 52.8 cm³/mol. The minimum absolute atomic E-state index is 0.0811. The maximum Gasteiger partial charge on any atom is 0.0956 e. The molecule has 1 unspecified atom stereocenters. The second-order valence-electron chi connectivity index (χ2n) is 3.26. The van der Waals surface area contributed by atoms with Gasteiger partial charge in [0.2, 0.25) is 0 Å². The van der Waals surface area contributed by atoms with E-state index in [4.69, 9.17) is 5.84 Å². The minimum atomic E-state index is -0.531. The highest BCUT2D eigenvalue weighted by molar-refractivity contribution is 5.18. The lowest BCUT2D eigenvalue weighted by Gasteiger charge is -2.24. The molecule has 0 heterocycles. The molecule has 0 fully saturated rings. The van der Waals surface area contributed by atoms with Crippen LogP contribution in [-0.2, 0) is 0 Å². The van der Waals surface area contributed by atoms with Gasteiger partial charge in [-0.2, -0.15) is 0 Å². The maximum absolute atomic E-state index is 9.84. The van der Waals surface area contributed by atoms with Crippen LogP contribution >= 0.6 is 0 Å². The molecule has 0 bridgehead atoms. The van der Waals surface area contributed by atoms with E-state index in [0.717, 1.165) is 5.56 Å². The number of benzene rings is 1. The van der Waals surface area contributed by atoms with Crippen molar-refractivity contribution in [3.05, 3.63) is 35.9 Å². The molecule has 0 saturated heterocycles. The van der Waals surface area contributed by atoms with Gasteiger partial charge in [-0.05, 0) is 12.5 Å². The van der Waals surface area contributed by atoms with Crippen LogP contribution < -0.4 is 5.84 Å². The van der Waals surface area contributed by atoms with Crippen LogP contribution in [0.1, 0.15) is 18.6 Å². The Bertz CT molecular complexity index is 248. The van der Waals surface area contributed by atoms with Gasteiger partial charge in [0.25, 0.3) is 0 Å². The maximum atomic E-state index is 9.84. The largest absolute Gasteiger partial charge is 0.387 e. The molecule has 0 aromatic heterocycles. The highest BCUT2D eigenvalue weighted by Crippen LogP contribution is 2.17. The van der Waals surface area contributed by atoms with Crippen molar-refractivity contribution >= 4 is 0 Å². The lowest BCUT2D eigenvalue weighted by atomic mass is 10.0. The quantitative estimate of drug-likeness (QED) is 0.537. The van der Waals surface area contributed by atoms with E-state index in [0.29, 0.717) is 0 Å². The number of nitrogens with zero attached hydrogens (tertiary/aromatic N) is 1. The van der Waals surface area contributed by atoms with Gasteiger partial charge in [-0.1, -0.05) is 30.3 Å². The SMILES string of the molecule is C[C@@H](C(O)c1ccccc1)N(C)N. The van der Waals surface area contributed by atoms with E-state index >= 15 is 0 Å². The zero-order chi connectivity index (χ0) is 9.84. The average molecular weight is 180 g/mol. The van der Waals surface area contributed by atoms with E-state index in [1.54, 1.807) is 7.05 Å².